The molecule has 0 aromatic carbocycles. The number of rotatable bonds is 2. The molecule has 0 unspecified atom stereocenters. The summed E-state index contributed by atoms with van der Waals surface area (Å²) < 4.78 is 10.9. The summed E-state index contributed by atoms with van der Waals surface area (Å²) in [6, 6.07) is 0. The largest absolute Gasteiger partial charge is 0.144 e. The topological polar surface area (TPSA) is 0 Å². The van der Waals surface area contributed by atoms with Crippen molar-refractivity contribution in [3.63, 3.8) is 0 Å². The standard InChI is InChI=1S/C6H8F/c1-2-3-4-5-6-7/h3H,2,4H2,1H3. The van der Waals surface area contributed by atoms with Crippen LogP contribution in [0.5, 0.6) is 0 Å². The van der Waals surface area contributed by atoms with Crippen molar-refractivity contribution < 1.29 is 4.39 Å². The quantitative estimate of drug-likeness (QED) is 0.366. The summed E-state index contributed by atoms with van der Waals surface area (Å²) >= 11 is 0. The molecule has 1 heteroatoms. The number of hydrogen-bond acceptors (Lipinski definition) is 0. The van der Waals surface area contributed by atoms with Crippen LogP contribution in [0.25, 0.3) is 0 Å². The minimum atomic E-state index is 0.576. The summed E-state index contributed by atoms with van der Waals surface area (Å²) in [4.78, 5) is 0. The molecule has 0 spiro atoms. The van der Waals surface area contributed by atoms with E-state index in [4.69, 9.17) is 0 Å². The third-order valence-electron chi connectivity index (χ3n) is 0.602. The van der Waals surface area contributed by atoms with Gasteiger partial charge < -0.3 is 0 Å². The number of halogens is 1. The molecule has 39 valence electrons. The van der Waals surface area contributed by atoms with E-state index in [1.165, 1.54) is 6.17 Å². The molecule has 0 heterocycles. The molecule has 1 radical (unpaired) electrons. The van der Waals surface area contributed by atoms with Crippen LogP contribution in [-0.4, -0.2) is 0 Å². The Morgan fingerprint density at radius 1 is 1.71 bits per heavy atom. The van der Waals surface area contributed by atoms with Gasteiger partial charge in [0.2, 0.25) is 0 Å². The molecule has 0 nitrogen and oxygen atoms in total. The predicted molar refractivity (Wildman–Crippen MR) is 28.1 cm³/mol. The van der Waals surface area contributed by atoms with Crippen molar-refractivity contribution in [1.82, 2.24) is 0 Å². The van der Waals surface area contributed by atoms with E-state index in [1.807, 2.05) is 13.3 Å². The maximum Gasteiger partial charge on any atom is 0.105 e. The highest BCUT2D eigenvalue weighted by atomic mass is 19.1. The van der Waals surface area contributed by atoms with Gasteiger partial charge in [0, 0.05) is 6.42 Å². The van der Waals surface area contributed by atoms with Crippen LogP contribution in [0, 0.1) is 18.5 Å². The fourth-order valence-electron chi connectivity index (χ4n) is 0.255. The highest BCUT2D eigenvalue weighted by molar-refractivity contribution is 4.94. The van der Waals surface area contributed by atoms with Gasteiger partial charge in [0.15, 0.2) is 0 Å². The third-order valence-corrected chi connectivity index (χ3v) is 0.602. The average molecular weight is 99.1 g/mol. The Hall–Kier alpha value is -0.510. The van der Waals surface area contributed by atoms with Crippen molar-refractivity contribution in [2.24, 2.45) is 0 Å². The van der Waals surface area contributed by atoms with Crippen molar-refractivity contribution in [2.75, 3.05) is 0 Å². The molecule has 0 saturated carbocycles. The van der Waals surface area contributed by atoms with Gasteiger partial charge in [-0.25, -0.2) is 0 Å². The first-order valence-corrected chi connectivity index (χ1v) is 2.32. The lowest BCUT2D eigenvalue weighted by atomic mass is 10.3. The normalized spacial score (nSPS) is 7.14. The minimum Gasteiger partial charge on any atom is -0.144 e. The van der Waals surface area contributed by atoms with E-state index in [2.05, 4.69) is 5.92 Å². The van der Waals surface area contributed by atoms with Gasteiger partial charge in [-0.1, -0.05) is 19.3 Å². The molecule has 0 saturated heterocycles. The zero-order chi connectivity index (χ0) is 5.54. The Labute approximate surface area is 43.7 Å². The van der Waals surface area contributed by atoms with Crippen molar-refractivity contribution in [3.05, 3.63) is 6.42 Å². The van der Waals surface area contributed by atoms with Crippen LogP contribution in [0.15, 0.2) is 0 Å². The first-order valence-electron chi connectivity index (χ1n) is 2.32. The van der Waals surface area contributed by atoms with Crippen LogP contribution in [0.2, 0.25) is 0 Å². The Morgan fingerprint density at radius 2 is 2.43 bits per heavy atom. The molecule has 0 aromatic heterocycles. The first-order chi connectivity index (χ1) is 3.41. The van der Waals surface area contributed by atoms with E-state index in [1.54, 1.807) is 0 Å². The zero-order valence-electron chi connectivity index (χ0n) is 4.37. The number of unbranched alkanes of at least 4 members (excludes halogenated alkanes) is 2. The molecule has 0 rings (SSSR count). The van der Waals surface area contributed by atoms with E-state index in [0.717, 1.165) is 6.42 Å². The first kappa shape index (κ1) is 6.49. The Bertz CT molecular complexity index is 75.9. The summed E-state index contributed by atoms with van der Waals surface area (Å²) in [6.45, 7) is 2.00. The van der Waals surface area contributed by atoms with Gasteiger partial charge in [-0.15, -0.1) is 4.39 Å². The fraction of sp³-hybridized carbons (Fsp3) is 0.500. The van der Waals surface area contributed by atoms with E-state index < -0.39 is 0 Å². The Kier molecular flexibility index (Phi) is 5.09. The smallest absolute Gasteiger partial charge is 0.105 e. The summed E-state index contributed by atoms with van der Waals surface area (Å²) in [5.41, 5.74) is 0. The lowest BCUT2D eigenvalue weighted by Gasteiger charge is -1.79. The van der Waals surface area contributed by atoms with Gasteiger partial charge in [0.25, 0.3) is 0 Å². The fourth-order valence-corrected chi connectivity index (χ4v) is 0.255. The summed E-state index contributed by atoms with van der Waals surface area (Å²) in [6.07, 6.45) is 4.79. The van der Waals surface area contributed by atoms with Crippen LogP contribution in [0.3, 0.4) is 0 Å². The zero-order valence-corrected chi connectivity index (χ0v) is 4.37. The third kappa shape index (κ3) is 5.49. The van der Waals surface area contributed by atoms with Crippen LogP contribution in [0.1, 0.15) is 19.8 Å². The molecule has 0 aliphatic carbocycles. The van der Waals surface area contributed by atoms with Crippen LogP contribution >= 0.6 is 0 Å². The van der Waals surface area contributed by atoms with Gasteiger partial charge in [0.05, 0.1) is 0 Å². The van der Waals surface area contributed by atoms with Gasteiger partial charge in [-0.05, 0) is 6.42 Å². The van der Waals surface area contributed by atoms with Crippen molar-refractivity contribution in [3.8, 4) is 12.1 Å². The lowest BCUT2D eigenvalue weighted by Crippen LogP contribution is -1.65. The maximum absolute atomic E-state index is 10.9. The minimum absolute atomic E-state index is 0.576. The molecule has 0 amide bonds. The van der Waals surface area contributed by atoms with Gasteiger partial charge in [-0.2, -0.15) is 0 Å². The molecule has 0 aliphatic heterocycles. The molecule has 0 bridgehead atoms. The SMILES string of the molecule is CC[CH]CC#CF. The maximum atomic E-state index is 10.9. The Balaban J connectivity index is 2.78. The summed E-state index contributed by atoms with van der Waals surface area (Å²) in [5, 5.41) is 0. The molecule has 0 aliphatic rings. The van der Waals surface area contributed by atoms with Gasteiger partial charge in [0.1, 0.15) is 6.17 Å². The van der Waals surface area contributed by atoms with Crippen molar-refractivity contribution in [1.29, 1.82) is 0 Å². The van der Waals surface area contributed by atoms with Gasteiger partial charge >= 0.3 is 0 Å². The molecule has 0 fully saturated rings. The molecular formula is C6H8F. The number of hydrogen-bond donors (Lipinski definition) is 0. The highest BCUT2D eigenvalue weighted by Gasteiger charge is 1.74. The summed E-state index contributed by atoms with van der Waals surface area (Å²) in [7, 11) is 0. The lowest BCUT2D eigenvalue weighted by molar-refractivity contribution is 0.771. The Morgan fingerprint density at radius 3 is 2.86 bits per heavy atom. The predicted octanol–water partition coefficient (Wildman–Crippen LogP) is 1.92. The average Bonchev–Trinajstić information content (AvgIpc) is 1.69. The van der Waals surface area contributed by atoms with Crippen LogP contribution < -0.4 is 0 Å². The molecule has 0 aromatic rings. The van der Waals surface area contributed by atoms with E-state index >= 15 is 0 Å². The van der Waals surface area contributed by atoms with Crippen LogP contribution in [-0.2, 0) is 0 Å². The molecule has 7 heavy (non-hydrogen) atoms. The highest BCUT2D eigenvalue weighted by Crippen LogP contribution is 1.87. The second kappa shape index (κ2) is 5.49. The van der Waals surface area contributed by atoms with E-state index in [9.17, 15) is 4.39 Å². The molecular weight excluding hydrogens is 91.1 g/mol. The summed E-state index contributed by atoms with van der Waals surface area (Å²) in [5.74, 6) is 2.28. The molecule has 0 N–H and O–H groups in total. The van der Waals surface area contributed by atoms with Crippen molar-refractivity contribution >= 4 is 0 Å². The second-order valence-corrected chi connectivity index (χ2v) is 1.17. The second-order valence-electron chi connectivity index (χ2n) is 1.17. The monoisotopic (exact) mass is 99.1 g/mol. The van der Waals surface area contributed by atoms with E-state index in [-0.39, 0.29) is 0 Å². The van der Waals surface area contributed by atoms with Crippen LogP contribution in [0.4, 0.5) is 4.39 Å². The van der Waals surface area contributed by atoms with Gasteiger partial charge in [-0.3, -0.25) is 0 Å². The van der Waals surface area contributed by atoms with Crippen molar-refractivity contribution in [2.45, 2.75) is 19.8 Å². The molecule has 0 atom stereocenters. The van der Waals surface area contributed by atoms with E-state index in [0.29, 0.717) is 6.42 Å².